The van der Waals surface area contributed by atoms with Crippen LogP contribution in [-0.2, 0) is 4.79 Å². The molecule has 6 nitrogen and oxygen atoms in total. The van der Waals surface area contributed by atoms with Crippen molar-refractivity contribution in [3.63, 3.8) is 0 Å². The minimum Gasteiger partial charge on any atom is -0.872 e. The molecule has 0 saturated heterocycles. The Morgan fingerprint density at radius 1 is 0.522 bits per heavy atom. The first-order valence-corrected chi connectivity index (χ1v) is 15.0. The zero-order valence-electron chi connectivity index (χ0n) is 25.2. The molecule has 6 heteroatoms. The zero-order valence-corrected chi connectivity index (χ0v) is 25.2. The fourth-order valence-electron chi connectivity index (χ4n) is 5.72. The first-order valence-electron chi connectivity index (χ1n) is 15.0. The molecular weight excluding hydrogens is 574 g/mol. The highest BCUT2D eigenvalue weighted by Gasteiger charge is 2.36. The van der Waals surface area contributed by atoms with Gasteiger partial charge in [0.1, 0.15) is 35.1 Å². The Labute approximate surface area is 268 Å². The van der Waals surface area contributed by atoms with Crippen molar-refractivity contribution < 1.29 is 25.2 Å². The fourth-order valence-corrected chi connectivity index (χ4v) is 5.72. The van der Waals surface area contributed by atoms with Gasteiger partial charge in [-0.1, -0.05) is 103 Å². The van der Waals surface area contributed by atoms with E-state index in [1.165, 1.54) is 0 Å². The number of nitrogens with zero attached hydrogens (tertiary/aromatic N) is 1. The maximum Gasteiger partial charge on any atom is 0.309 e. The summed E-state index contributed by atoms with van der Waals surface area (Å²) in [6, 6.07) is 51.0. The molecule has 6 aromatic carbocycles. The van der Waals surface area contributed by atoms with Gasteiger partial charge in [0, 0.05) is 5.92 Å². The van der Waals surface area contributed by atoms with Crippen molar-refractivity contribution in [1.29, 1.82) is 0 Å². The van der Waals surface area contributed by atoms with Crippen LogP contribution in [0.3, 0.4) is 0 Å². The van der Waals surface area contributed by atoms with Crippen LogP contribution in [0.15, 0.2) is 164 Å². The zero-order chi connectivity index (χ0) is 32.4. The average molecular weight is 610 g/mol. The fraction of sp³-hybridized carbons (Fsp3) is 0.0750. The predicted molar refractivity (Wildman–Crippen MR) is 181 cm³/mol. The minimum absolute atomic E-state index is 0.0288. The maximum atomic E-state index is 11.3. The molecule has 0 spiro atoms. The summed E-state index contributed by atoms with van der Waals surface area (Å²) >= 11 is 0. The Kier molecular flexibility index (Phi) is 10.1. The summed E-state index contributed by atoms with van der Waals surface area (Å²) in [6.07, 6.45) is 0.0820. The number of carboxylic acids is 1. The van der Waals surface area contributed by atoms with Gasteiger partial charge in [-0.25, -0.2) is 4.48 Å². The Morgan fingerprint density at radius 2 is 0.848 bits per heavy atom. The molecular formula is C40H35NO5. The van der Waals surface area contributed by atoms with Crippen molar-refractivity contribution in [2.45, 2.75) is 12.3 Å². The first kappa shape index (κ1) is 31.6. The third kappa shape index (κ3) is 7.44. The lowest BCUT2D eigenvalue weighted by molar-refractivity contribution is -0.268. The summed E-state index contributed by atoms with van der Waals surface area (Å²) in [4.78, 5) is 11.3. The van der Waals surface area contributed by atoms with Crippen LogP contribution in [0.5, 0.6) is 17.2 Å². The molecule has 0 aliphatic rings. The minimum atomic E-state index is -0.791. The van der Waals surface area contributed by atoms with E-state index in [9.17, 15) is 25.2 Å². The highest BCUT2D eigenvalue weighted by Crippen LogP contribution is 2.43. The van der Waals surface area contributed by atoms with E-state index in [-0.39, 0.29) is 29.6 Å². The summed E-state index contributed by atoms with van der Waals surface area (Å²) in [7, 11) is 0. The number of aliphatic carboxylic acids is 1. The van der Waals surface area contributed by atoms with E-state index < -0.39 is 5.97 Å². The third-order valence-electron chi connectivity index (χ3n) is 7.92. The van der Waals surface area contributed by atoms with Gasteiger partial charge in [-0.2, -0.15) is 0 Å². The van der Waals surface area contributed by atoms with Gasteiger partial charge in [-0.15, -0.1) is 5.75 Å². The van der Waals surface area contributed by atoms with E-state index in [1.807, 2.05) is 91.0 Å². The first-order chi connectivity index (χ1) is 22.4. The number of aromatic hydroxyl groups is 2. The number of quaternary nitrogens is 1. The molecule has 0 fully saturated rings. The topological polar surface area (TPSA) is 101 Å². The van der Waals surface area contributed by atoms with Crippen molar-refractivity contribution in [1.82, 2.24) is 4.48 Å². The third-order valence-corrected chi connectivity index (χ3v) is 7.92. The molecule has 0 aliphatic carbocycles. The predicted octanol–water partition coefficient (Wildman–Crippen LogP) is 8.48. The number of carbonyl (C=O) groups is 1. The Bertz CT molecular complexity index is 1600. The van der Waals surface area contributed by atoms with Crippen molar-refractivity contribution in [3.8, 4) is 17.2 Å². The van der Waals surface area contributed by atoms with Crippen LogP contribution in [0, 0.1) is 0 Å². The molecule has 0 amide bonds. The van der Waals surface area contributed by atoms with Gasteiger partial charge in [0.05, 0.1) is 6.42 Å². The Hall–Kier alpha value is -5.85. The molecule has 0 aliphatic heterocycles. The molecule has 3 N–H and O–H groups in total. The molecule has 0 unspecified atom stereocenters. The number of para-hydroxylation sites is 3. The second-order valence-corrected chi connectivity index (χ2v) is 10.9. The summed E-state index contributed by atoms with van der Waals surface area (Å²) < 4.78 is 0.384. The highest BCUT2D eigenvalue weighted by atomic mass is 16.4. The van der Waals surface area contributed by atoms with Crippen molar-refractivity contribution >= 4 is 23.0 Å². The van der Waals surface area contributed by atoms with Gasteiger partial charge >= 0.3 is 5.97 Å². The van der Waals surface area contributed by atoms with Crippen LogP contribution in [0.4, 0.5) is 17.1 Å². The molecule has 0 radical (unpaired) electrons. The Balaban J connectivity index is 0.000000182. The molecule has 0 aromatic heterocycles. The number of hydrogen-bond donors (Lipinski definition) is 3. The normalized spacial score (nSPS) is 11.0. The number of carboxylic acid groups (broad SMARTS) is 1. The summed E-state index contributed by atoms with van der Waals surface area (Å²) in [5.74, 6) is -0.466. The molecule has 6 aromatic rings. The molecule has 0 atom stereocenters. The molecule has 6 rings (SSSR count). The van der Waals surface area contributed by atoms with Gasteiger partial charge in [0.15, 0.2) is 0 Å². The Morgan fingerprint density at radius 3 is 1.17 bits per heavy atom. The van der Waals surface area contributed by atoms with Crippen LogP contribution in [0.1, 0.15) is 29.0 Å². The second kappa shape index (κ2) is 14.8. The van der Waals surface area contributed by atoms with Crippen LogP contribution < -0.4 is 9.59 Å². The molecule has 46 heavy (non-hydrogen) atoms. The van der Waals surface area contributed by atoms with E-state index in [0.717, 1.165) is 33.8 Å². The lowest BCUT2D eigenvalue weighted by Crippen LogP contribution is -2.40. The maximum absolute atomic E-state index is 11.3. The highest BCUT2D eigenvalue weighted by molar-refractivity contribution is 5.73. The number of rotatable bonds is 9. The van der Waals surface area contributed by atoms with Gasteiger partial charge in [0.2, 0.25) is 0 Å². The number of benzene rings is 6. The quantitative estimate of drug-likeness (QED) is 0.113. The molecule has 0 bridgehead atoms. The molecule has 230 valence electrons. The van der Waals surface area contributed by atoms with Crippen LogP contribution >= 0.6 is 0 Å². The standard InChI is InChI=1S/C21H19NO2.C19H16O3/c23-21(24)16-17-22(18-10-4-1-5-11-18,19-12-6-2-7-13-19)20-14-8-3-9-15-20;20-16-7-1-13(2-8-16)19(14-3-9-17(21)10-4-14)15-5-11-18(22)12-6-15/h1-15H,16-17H2;1-12,19-22H. The van der Waals surface area contributed by atoms with Crippen LogP contribution in [0.2, 0.25) is 0 Å². The van der Waals surface area contributed by atoms with Crippen molar-refractivity contribution in [2.24, 2.45) is 0 Å². The number of hydrogen-bond acceptors (Lipinski definition) is 4. The number of phenolic OH excluding ortho intramolecular Hbond substituents is 2. The van der Waals surface area contributed by atoms with E-state index >= 15 is 0 Å². The van der Waals surface area contributed by atoms with Crippen molar-refractivity contribution in [2.75, 3.05) is 6.54 Å². The van der Waals surface area contributed by atoms with Gasteiger partial charge in [-0.05, 0) is 77.4 Å². The molecule has 0 heterocycles. The average Bonchev–Trinajstić information content (AvgIpc) is 3.09. The smallest absolute Gasteiger partial charge is 0.309 e. The van der Waals surface area contributed by atoms with Gasteiger partial charge in [0.25, 0.3) is 0 Å². The summed E-state index contributed by atoms with van der Waals surface area (Å²) in [6.45, 7) is 0.452. The van der Waals surface area contributed by atoms with E-state index in [0.29, 0.717) is 11.0 Å². The lowest BCUT2D eigenvalue weighted by atomic mass is 9.85. The molecule has 0 saturated carbocycles. The largest absolute Gasteiger partial charge is 0.872 e. The van der Waals surface area contributed by atoms with Crippen LogP contribution in [0.25, 0.3) is 0 Å². The van der Waals surface area contributed by atoms with Crippen molar-refractivity contribution in [3.05, 3.63) is 180 Å². The number of phenols is 2. The summed E-state index contributed by atoms with van der Waals surface area (Å²) in [5.41, 5.74) is 6.14. The monoisotopic (exact) mass is 609 g/mol. The van der Waals surface area contributed by atoms with Gasteiger partial charge < -0.3 is 20.4 Å². The lowest BCUT2D eigenvalue weighted by Gasteiger charge is -2.37. The SMILES string of the molecule is O=C(O)CC[N+](c1ccccc1)(c1ccccc1)c1ccccc1.[O-]c1ccc(C(c2ccc(O)cc2)c2ccc(O)cc2)cc1. The van der Waals surface area contributed by atoms with E-state index in [1.54, 1.807) is 36.4 Å². The second-order valence-electron chi connectivity index (χ2n) is 10.9. The van der Waals surface area contributed by atoms with Crippen LogP contribution in [-0.4, -0.2) is 27.8 Å². The summed E-state index contributed by atoms with van der Waals surface area (Å²) in [5, 5.41) is 39.6. The van der Waals surface area contributed by atoms with E-state index in [2.05, 4.69) is 36.4 Å². The van der Waals surface area contributed by atoms with Gasteiger partial charge in [-0.3, -0.25) is 4.79 Å². The van der Waals surface area contributed by atoms with E-state index in [4.69, 9.17) is 0 Å².